The zero-order chi connectivity index (χ0) is 14.8. The number of methoxy groups -OCH3 is 2. The van der Waals surface area contributed by atoms with Gasteiger partial charge >= 0.3 is 0 Å². The van der Waals surface area contributed by atoms with E-state index in [2.05, 4.69) is 6.92 Å². The Labute approximate surface area is 122 Å². The number of unbranched alkanes of at least 4 members (excludes halogenated alkanes) is 5. The highest BCUT2D eigenvalue weighted by Crippen LogP contribution is 2.36. The van der Waals surface area contributed by atoms with Crippen molar-refractivity contribution in [1.29, 1.82) is 0 Å². The summed E-state index contributed by atoms with van der Waals surface area (Å²) in [6.45, 7) is 2.22. The van der Waals surface area contributed by atoms with E-state index in [-0.39, 0.29) is 0 Å². The van der Waals surface area contributed by atoms with E-state index in [4.69, 9.17) is 9.47 Å². The van der Waals surface area contributed by atoms with Gasteiger partial charge in [0.25, 0.3) is 0 Å². The fourth-order valence-corrected chi connectivity index (χ4v) is 2.45. The van der Waals surface area contributed by atoms with Crippen LogP contribution in [0.5, 0.6) is 11.5 Å². The molecular weight excluding hydrogens is 252 g/mol. The van der Waals surface area contributed by atoms with Gasteiger partial charge in [0.1, 0.15) is 0 Å². The molecule has 0 bridgehead atoms. The fourth-order valence-electron chi connectivity index (χ4n) is 2.45. The normalized spacial score (nSPS) is 12.2. The van der Waals surface area contributed by atoms with Crippen LogP contribution in [0.2, 0.25) is 0 Å². The summed E-state index contributed by atoms with van der Waals surface area (Å²) in [6, 6.07) is 5.64. The lowest BCUT2D eigenvalue weighted by Gasteiger charge is -2.17. The van der Waals surface area contributed by atoms with Gasteiger partial charge in [0.05, 0.1) is 20.3 Å². The van der Waals surface area contributed by atoms with Crippen molar-refractivity contribution in [3.63, 3.8) is 0 Å². The van der Waals surface area contributed by atoms with Gasteiger partial charge in [0.2, 0.25) is 0 Å². The predicted molar refractivity (Wildman–Crippen MR) is 82.5 cm³/mol. The third kappa shape index (κ3) is 5.04. The van der Waals surface area contributed by atoms with E-state index in [1.165, 1.54) is 32.1 Å². The molecule has 1 aromatic rings. The van der Waals surface area contributed by atoms with Crippen LogP contribution in [-0.4, -0.2) is 19.3 Å². The molecular formula is C17H28O3. The van der Waals surface area contributed by atoms with Crippen molar-refractivity contribution in [3.05, 3.63) is 23.8 Å². The van der Waals surface area contributed by atoms with Crippen molar-refractivity contribution in [2.45, 2.75) is 58.0 Å². The van der Waals surface area contributed by atoms with Gasteiger partial charge in [-0.3, -0.25) is 0 Å². The van der Waals surface area contributed by atoms with E-state index in [0.29, 0.717) is 11.5 Å². The van der Waals surface area contributed by atoms with Gasteiger partial charge in [-0.2, -0.15) is 0 Å². The first-order valence-electron chi connectivity index (χ1n) is 7.63. The Balaban J connectivity index is 2.48. The maximum Gasteiger partial charge on any atom is 0.166 e. The Bertz CT molecular complexity index is 376. The number of hydrogen-bond donors (Lipinski definition) is 1. The summed E-state index contributed by atoms with van der Waals surface area (Å²) in [5.74, 6) is 1.32. The monoisotopic (exact) mass is 280 g/mol. The molecule has 3 nitrogen and oxygen atoms in total. The van der Waals surface area contributed by atoms with Crippen molar-refractivity contribution >= 4 is 0 Å². The molecule has 1 N–H and O–H groups in total. The van der Waals surface area contributed by atoms with E-state index in [0.717, 1.165) is 18.4 Å². The molecule has 0 fully saturated rings. The lowest BCUT2D eigenvalue weighted by molar-refractivity contribution is 0.158. The number of ether oxygens (including phenoxy) is 2. The zero-order valence-corrected chi connectivity index (χ0v) is 13.0. The van der Waals surface area contributed by atoms with E-state index in [1.54, 1.807) is 14.2 Å². The summed E-state index contributed by atoms with van der Waals surface area (Å²) in [4.78, 5) is 0. The molecule has 1 atom stereocenters. The first kappa shape index (κ1) is 16.8. The van der Waals surface area contributed by atoms with Gasteiger partial charge in [-0.25, -0.2) is 0 Å². The molecule has 0 aliphatic heterocycles. The third-order valence-corrected chi connectivity index (χ3v) is 3.62. The average Bonchev–Trinajstić information content (AvgIpc) is 2.49. The fraction of sp³-hybridized carbons (Fsp3) is 0.647. The highest BCUT2D eigenvalue weighted by Gasteiger charge is 2.16. The first-order chi connectivity index (χ1) is 9.74. The smallest absolute Gasteiger partial charge is 0.166 e. The summed E-state index contributed by atoms with van der Waals surface area (Å²) < 4.78 is 10.6. The van der Waals surface area contributed by atoms with Gasteiger partial charge in [-0.15, -0.1) is 0 Å². The quantitative estimate of drug-likeness (QED) is 0.642. The minimum atomic E-state index is -0.480. The Hall–Kier alpha value is -1.22. The molecule has 0 aliphatic carbocycles. The summed E-state index contributed by atoms with van der Waals surface area (Å²) in [7, 11) is 3.22. The van der Waals surface area contributed by atoms with Crippen LogP contribution in [0.1, 0.15) is 63.5 Å². The average molecular weight is 280 g/mol. The van der Waals surface area contributed by atoms with Gasteiger partial charge in [0.15, 0.2) is 11.5 Å². The van der Waals surface area contributed by atoms with Crippen molar-refractivity contribution in [2.75, 3.05) is 14.2 Å². The Morgan fingerprint density at radius 3 is 2.35 bits per heavy atom. The van der Waals surface area contributed by atoms with Gasteiger partial charge in [-0.1, -0.05) is 57.6 Å². The molecule has 0 heterocycles. The number of hydrogen-bond acceptors (Lipinski definition) is 3. The first-order valence-corrected chi connectivity index (χ1v) is 7.63. The van der Waals surface area contributed by atoms with Crippen LogP contribution >= 0.6 is 0 Å². The number of aliphatic hydroxyl groups is 1. The molecule has 3 heteroatoms. The molecule has 1 rings (SSSR count). The largest absolute Gasteiger partial charge is 0.493 e. The van der Waals surface area contributed by atoms with Crippen LogP contribution in [0, 0.1) is 0 Å². The summed E-state index contributed by atoms with van der Waals surface area (Å²) >= 11 is 0. The van der Waals surface area contributed by atoms with Crippen molar-refractivity contribution in [1.82, 2.24) is 0 Å². The molecule has 0 radical (unpaired) electrons. The van der Waals surface area contributed by atoms with E-state index < -0.39 is 6.10 Å². The van der Waals surface area contributed by atoms with Crippen LogP contribution in [0.4, 0.5) is 0 Å². The lowest BCUT2D eigenvalue weighted by atomic mass is 10.0. The molecule has 114 valence electrons. The van der Waals surface area contributed by atoms with Crippen LogP contribution in [0.3, 0.4) is 0 Å². The van der Waals surface area contributed by atoms with Gasteiger partial charge < -0.3 is 14.6 Å². The molecule has 1 unspecified atom stereocenters. The number of benzene rings is 1. The zero-order valence-electron chi connectivity index (χ0n) is 13.0. The topological polar surface area (TPSA) is 38.7 Å². The van der Waals surface area contributed by atoms with Crippen LogP contribution in [0.25, 0.3) is 0 Å². The second-order valence-electron chi connectivity index (χ2n) is 5.15. The van der Waals surface area contributed by atoms with Gasteiger partial charge in [-0.05, 0) is 12.5 Å². The van der Waals surface area contributed by atoms with Gasteiger partial charge in [0, 0.05) is 5.56 Å². The lowest BCUT2D eigenvalue weighted by Crippen LogP contribution is -2.02. The molecule has 0 spiro atoms. The summed E-state index contributed by atoms with van der Waals surface area (Å²) in [5.41, 5.74) is 0.820. The van der Waals surface area contributed by atoms with Crippen LogP contribution < -0.4 is 9.47 Å². The van der Waals surface area contributed by atoms with Crippen molar-refractivity contribution < 1.29 is 14.6 Å². The molecule has 0 aromatic heterocycles. The highest BCUT2D eigenvalue weighted by atomic mass is 16.5. The van der Waals surface area contributed by atoms with E-state index in [1.807, 2.05) is 18.2 Å². The number of aliphatic hydroxyl groups excluding tert-OH is 1. The second kappa shape index (κ2) is 9.65. The maximum atomic E-state index is 10.3. The Morgan fingerprint density at radius 2 is 1.70 bits per heavy atom. The van der Waals surface area contributed by atoms with E-state index in [9.17, 15) is 5.11 Å². The standard InChI is InChI=1S/C17H28O3/c1-4-5-6-7-8-9-12-15(18)14-11-10-13-16(19-2)17(14)20-3/h10-11,13,15,18H,4-9,12H2,1-3H3. The summed E-state index contributed by atoms with van der Waals surface area (Å²) in [6.07, 6.45) is 7.66. The highest BCUT2D eigenvalue weighted by molar-refractivity contribution is 5.47. The van der Waals surface area contributed by atoms with Crippen LogP contribution in [-0.2, 0) is 0 Å². The minimum Gasteiger partial charge on any atom is -0.493 e. The third-order valence-electron chi connectivity index (χ3n) is 3.62. The molecule has 20 heavy (non-hydrogen) atoms. The maximum absolute atomic E-state index is 10.3. The van der Waals surface area contributed by atoms with E-state index >= 15 is 0 Å². The Morgan fingerprint density at radius 1 is 1.00 bits per heavy atom. The molecule has 0 saturated carbocycles. The van der Waals surface area contributed by atoms with Crippen molar-refractivity contribution in [2.24, 2.45) is 0 Å². The molecule has 0 saturated heterocycles. The number of rotatable bonds is 10. The predicted octanol–water partition coefficient (Wildman–Crippen LogP) is 4.49. The number of para-hydroxylation sites is 1. The summed E-state index contributed by atoms with van der Waals surface area (Å²) in [5, 5.41) is 10.3. The second-order valence-corrected chi connectivity index (χ2v) is 5.15. The van der Waals surface area contributed by atoms with Crippen LogP contribution in [0.15, 0.2) is 18.2 Å². The minimum absolute atomic E-state index is 0.480. The SMILES string of the molecule is CCCCCCCCC(O)c1cccc(OC)c1OC. The molecule has 0 aliphatic rings. The molecule has 0 amide bonds. The Kier molecular flexibility index (Phi) is 8.12. The molecule has 1 aromatic carbocycles. The van der Waals surface area contributed by atoms with Crippen molar-refractivity contribution in [3.8, 4) is 11.5 Å².